The van der Waals surface area contributed by atoms with E-state index in [9.17, 15) is 9.59 Å². The maximum atomic E-state index is 13.0. The van der Waals surface area contributed by atoms with Gasteiger partial charge in [0.05, 0.1) is 25.3 Å². The van der Waals surface area contributed by atoms with Gasteiger partial charge in [-0.05, 0) is 26.0 Å². The van der Waals surface area contributed by atoms with Gasteiger partial charge in [0.2, 0.25) is 0 Å². The Kier molecular flexibility index (Phi) is 5.10. The van der Waals surface area contributed by atoms with E-state index in [1.54, 1.807) is 28.6 Å². The first kappa shape index (κ1) is 17.5. The van der Waals surface area contributed by atoms with Crippen LogP contribution in [0.15, 0.2) is 18.2 Å². The first-order valence-corrected chi connectivity index (χ1v) is 8.39. The Morgan fingerprint density at radius 2 is 1.96 bits per heavy atom. The topological polar surface area (TPSA) is 91.3 Å². The fraction of sp³-hybridized carbons (Fsp3) is 0.529. The highest BCUT2D eigenvalue weighted by Crippen LogP contribution is 2.35. The van der Waals surface area contributed by atoms with E-state index >= 15 is 0 Å². The van der Waals surface area contributed by atoms with E-state index in [4.69, 9.17) is 14.7 Å². The number of hydrogen-bond donors (Lipinski definition) is 2. The van der Waals surface area contributed by atoms with Crippen molar-refractivity contribution in [2.24, 2.45) is 0 Å². The summed E-state index contributed by atoms with van der Waals surface area (Å²) in [4.78, 5) is 28.2. The summed E-state index contributed by atoms with van der Waals surface area (Å²) in [6.45, 7) is 6.49. The highest BCUT2D eigenvalue weighted by molar-refractivity contribution is 5.93. The number of hydroxylamine groups is 1. The van der Waals surface area contributed by atoms with Crippen LogP contribution in [0.5, 0.6) is 5.75 Å². The quantitative estimate of drug-likeness (QED) is 0.591. The monoisotopic (exact) mass is 349 g/mol. The smallest absolute Gasteiger partial charge is 0.321 e. The molecule has 25 heavy (non-hydrogen) atoms. The second-order valence-corrected chi connectivity index (χ2v) is 6.32. The van der Waals surface area contributed by atoms with Crippen LogP contribution in [0.25, 0.3) is 0 Å². The molecule has 1 unspecified atom stereocenters. The summed E-state index contributed by atoms with van der Waals surface area (Å²) >= 11 is 0. The molecule has 1 aromatic carbocycles. The molecule has 1 saturated heterocycles. The van der Waals surface area contributed by atoms with Crippen molar-refractivity contribution in [1.82, 2.24) is 15.3 Å². The van der Waals surface area contributed by atoms with Gasteiger partial charge in [0, 0.05) is 24.2 Å². The molecule has 8 heteroatoms. The lowest BCUT2D eigenvalue weighted by Gasteiger charge is -2.38. The zero-order valence-corrected chi connectivity index (χ0v) is 14.4. The highest BCUT2D eigenvalue weighted by Gasteiger charge is 2.35. The standard InChI is InChI=1S/C17H23N3O5/c1-11-10-25-15-9-13(16(21)18-23)3-4-14(15)12(2)20(11)17(22)19-5-7-24-8-6-19/h3-4,9,11-12,23H,5-8,10H2,1-2H3,(H,18,21)/t11-,12?/m0/s1. The summed E-state index contributed by atoms with van der Waals surface area (Å²) in [5.74, 6) is -0.0460. The van der Waals surface area contributed by atoms with Crippen molar-refractivity contribution in [3.8, 4) is 5.75 Å². The zero-order valence-electron chi connectivity index (χ0n) is 14.4. The van der Waals surface area contributed by atoms with E-state index < -0.39 is 5.91 Å². The minimum Gasteiger partial charge on any atom is -0.491 e. The lowest BCUT2D eigenvalue weighted by atomic mass is 10.0. The summed E-state index contributed by atoms with van der Waals surface area (Å²) in [7, 11) is 0. The molecule has 1 aromatic rings. The molecular formula is C17H23N3O5. The molecule has 2 aliphatic heterocycles. The number of benzene rings is 1. The molecule has 0 spiro atoms. The van der Waals surface area contributed by atoms with Crippen molar-refractivity contribution in [3.63, 3.8) is 0 Å². The summed E-state index contributed by atoms with van der Waals surface area (Å²) in [5, 5.41) is 8.79. The molecule has 2 heterocycles. The molecule has 1 fully saturated rings. The average Bonchev–Trinajstić information content (AvgIpc) is 2.77. The van der Waals surface area contributed by atoms with Crippen molar-refractivity contribution < 1.29 is 24.3 Å². The number of carbonyl (C=O) groups excluding carboxylic acids is 2. The van der Waals surface area contributed by atoms with Gasteiger partial charge in [0.25, 0.3) is 5.91 Å². The summed E-state index contributed by atoms with van der Waals surface area (Å²) in [6.07, 6.45) is 0. The summed E-state index contributed by atoms with van der Waals surface area (Å²) < 4.78 is 11.2. The number of hydrogen-bond acceptors (Lipinski definition) is 5. The minimum atomic E-state index is -0.599. The number of nitrogens with zero attached hydrogens (tertiary/aromatic N) is 2. The number of amides is 3. The van der Waals surface area contributed by atoms with Gasteiger partial charge in [-0.2, -0.15) is 0 Å². The number of ether oxygens (including phenoxy) is 2. The van der Waals surface area contributed by atoms with Crippen LogP contribution in [0.4, 0.5) is 4.79 Å². The normalized spacial score (nSPS) is 23.3. The van der Waals surface area contributed by atoms with Gasteiger partial charge in [0.15, 0.2) is 0 Å². The molecule has 3 amide bonds. The summed E-state index contributed by atoms with van der Waals surface area (Å²) in [5.41, 5.74) is 2.75. The van der Waals surface area contributed by atoms with Crippen molar-refractivity contribution in [2.75, 3.05) is 32.9 Å². The SMILES string of the molecule is CC1c2ccc(C(=O)NO)cc2OC[C@H](C)N1C(=O)N1CCOCC1. The van der Waals surface area contributed by atoms with Crippen LogP contribution in [0.1, 0.15) is 35.8 Å². The third-order valence-corrected chi connectivity index (χ3v) is 4.70. The number of morpholine rings is 1. The van der Waals surface area contributed by atoms with Crippen molar-refractivity contribution in [2.45, 2.75) is 25.9 Å². The van der Waals surface area contributed by atoms with Crippen LogP contribution in [-0.2, 0) is 4.74 Å². The summed E-state index contributed by atoms with van der Waals surface area (Å²) in [6, 6.07) is 4.62. The molecule has 136 valence electrons. The third-order valence-electron chi connectivity index (χ3n) is 4.70. The van der Waals surface area contributed by atoms with Crippen LogP contribution in [0.3, 0.4) is 0 Å². The maximum absolute atomic E-state index is 13.0. The Hall–Kier alpha value is -2.32. The van der Waals surface area contributed by atoms with Gasteiger partial charge in [-0.3, -0.25) is 10.0 Å². The van der Waals surface area contributed by atoms with E-state index in [2.05, 4.69) is 0 Å². The fourth-order valence-electron chi connectivity index (χ4n) is 3.30. The average molecular weight is 349 g/mol. The van der Waals surface area contributed by atoms with Gasteiger partial charge < -0.3 is 19.3 Å². The molecule has 0 aliphatic carbocycles. The van der Waals surface area contributed by atoms with E-state index in [1.165, 1.54) is 0 Å². The second kappa shape index (κ2) is 7.28. The lowest BCUT2D eigenvalue weighted by molar-refractivity contribution is 0.0334. The number of nitrogens with one attached hydrogen (secondary N) is 1. The lowest BCUT2D eigenvalue weighted by Crippen LogP contribution is -2.52. The Morgan fingerprint density at radius 1 is 1.24 bits per heavy atom. The van der Waals surface area contributed by atoms with Gasteiger partial charge in [-0.15, -0.1) is 0 Å². The molecule has 0 saturated carbocycles. The van der Waals surface area contributed by atoms with Gasteiger partial charge >= 0.3 is 6.03 Å². The predicted molar refractivity (Wildman–Crippen MR) is 88.7 cm³/mol. The highest BCUT2D eigenvalue weighted by atomic mass is 16.5. The maximum Gasteiger partial charge on any atom is 0.321 e. The third kappa shape index (κ3) is 3.40. The fourth-order valence-corrected chi connectivity index (χ4v) is 3.30. The number of rotatable bonds is 1. The van der Waals surface area contributed by atoms with E-state index in [0.717, 1.165) is 5.56 Å². The van der Waals surface area contributed by atoms with Crippen molar-refractivity contribution >= 4 is 11.9 Å². The molecular weight excluding hydrogens is 326 g/mol. The number of fused-ring (bicyclic) bond motifs is 1. The van der Waals surface area contributed by atoms with Crippen molar-refractivity contribution in [3.05, 3.63) is 29.3 Å². The Morgan fingerprint density at radius 3 is 2.64 bits per heavy atom. The molecule has 2 N–H and O–H groups in total. The minimum absolute atomic E-state index is 0.0306. The number of carbonyl (C=O) groups is 2. The molecule has 8 nitrogen and oxygen atoms in total. The first-order valence-electron chi connectivity index (χ1n) is 8.39. The van der Waals surface area contributed by atoms with Gasteiger partial charge in [-0.1, -0.05) is 6.07 Å². The number of urea groups is 1. The zero-order chi connectivity index (χ0) is 18.0. The first-order chi connectivity index (χ1) is 12.0. The van der Waals surface area contributed by atoms with Gasteiger partial charge in [0.1, 0.15) is 12.4 Å². The molecule has 3 rings (SSSR count). The Bertz CT molecular complexity index is 660. The van der Waals surface area contributed by atoms with E-state index in [0.29, 0.717) is 44.2 Å². The Labute approximate surface area is 146 Å². The van der Waals surface area contributed by atoms with Crippen LogP contribution in [0.2, 0.25) is 0 Å². The van der Waals surface area contributed by atoms with Gasteiger partial charge in [-0.25, -0.2) is 10.3 Å². The predicted octanol–water partition coefficient (Wildman–Crippen LogP) is 1.40. The molecule has 0 aromatic heterocycles. The van der Waals surface area contributed by atoms with Crippen LogP contribution < -0.4 is 10.2 Å². The van der Waals surface area contributed by atoms with Crippen molar-refractivity contribution in [1.29, 1.82) is 0 Å². The van der Waals surface area contributed by atoms with Crippen LogP contribution >= 0.6 is 0 Å². The van der Waals surface area contributed by atoms with Crippen LogP contribution in [-0.4, -0.2) is 65.9 Å². The van der Waals surface area contributed by atoms with Crippen LogP contribution in [0, 0.1) is 0 Å². The van der Waals surface area contributed by atoms with E-state index in [1.807, 2.05) is 18.7 Å². The molecule has 0 radical (unpaired) electrons. The molecule has 0 bridgehead atoms. The second-order valence-electron chi connectivity index (χ2n) is 6.32. The largest absolute Gasteiger partial charge is 0.491 e. The Balaban J connectivity index is 1.89. The van der Waals surface area contributed by atoms with E-state index in [-0.39, 0.29) is 18.1 Å². The molecule has 2 atom stereocenters. The molecule has 2 aliphatic rings.